The summed E-state index contributed by atoms with van der Waals surface area (Å²) in [7, 11) is 1.87. The number of hydrogen-bond acceptors (Lipinski definition) is 4. The second-order valence-corrected chi connectivity index (χ2v) is 5.64. The average Bonchev–Trinajstić information content (AvgIpc) is 2.32. The Bertz CT molecular complexity index is 554. The van der Waals surface area contributed by atoms with Crippen LogP contribution in [0.4, 0.5) is 11.4 Å². The zero-order chi connectivity index (χ0) is 14.2. The van der Waals surface area contributed by atoms with Crippen LogP contribution in [0.2, 0.25) is 0 Å². The summed E-state index contributed by atoms with van der Waals surface area (Å²) in [4.78, 5) is 15.8. The highest BCUT2D eigenvalue weighted by atomic mass is 16.2. The van der Waals surface area contributed by atoms with Crippen molar-refractivity contribution < 1.29 is 4.79 Å². The highest BCUT2D eigenvalue weighted by Crippen LogP contribution is 2.34. The molecule has 5 heteroatoms. The number of carbonyl (C=O) groups excluding carboxylic acids is 1. The van der Waals surface area contributed by atoms with Crippen LogP contribution in [0, 0.1) is 11.3 Å². The molecule has 0 radical (unpaired) electrons. The number of carbonyl (C=O) groups is 1. The largest absolute Gasteiger partial charge is 0.364 e. The zero-order valence-electron chi connectivity index (χ0n) is 11.5. The van der Waals surface area contributed by atoms with E-state index in [-0.39, 0.29) is 5.91 Å². The molecule has 1 aliphatic heterocycles. The molecule has 2 N–H and O–H groups in total. The smallest absolute Gasteiger partial charge is 0.246 e. The number of nitrogens with two attached hydrogens (primary N) is 1. The number of benzene rings is 1. The van der Waals surface area contributed by atoms with Crippen LogP contribution in [0.3, 0.4) is 0 Å². The Kier molecular flexibility index (Phi) is 3.21. The molecule has 19 heavy (non-hydrogen) atoms. The maximum absolute atomic E-state index is 12.2. The molecule has 0 aliphatic carbocycles. The maximum Gasteiger partial charge on any atom is 0.246 e. The molecule has 0 saturated heterocycles. The Morgan fingerprint density at radius 3 is 2.68 bits per heavy atom. The summed E-state index contributed by atoms with van der Waals surface area (Å²) < 4.78 is 0. The van der Waals surface area contributed by atoms with Gasteiger partial charge in [0.15, 0.2) is 0 Å². The minimum absolute atomic E-state index is 0.00335. The highest BCUT2D eigenvalue weighted by Gasteiger charge is 2.30. The van der Waals surface area contributed by atoms with Gasteiger partial charge in [-0.1, -0.05) is 0 Å². The Morgan fingerprint density at radius 2 is 2.11 bits per heavy atom. The molecule has 0 aromatic heterocycles. The van der Waals surface area contributed by atoms with Gasteiger partial charge >= 0.3 is 0 Å². The van der Waals surface area contributed by atoms with Gasteiger partial charge in [-0.2, -0.15) is 5.26 Å². The van der Waals surface area contributed by atoms with Gasteiger partial charge in [0.25, 0.3) is 0 Å². The molecule has 2 rings (SSSR count). The lowest BCUT2D eigenvalue weighted by molar-refractivity contribution is -0.117. The molecule has 0 spiro atoms. The van der Waals surface area contributed by atoms with Gasteiger partial charge in [-0.15, -0.1) is 0 Å². The Morgan fingerprint density at radius 1 is 1.42 bits per heavy atom. The van der Waals surface area contributed by atoms with E-state index in [0.29, 0.717) is 18.7 Å². The van der Waals surface area contributed by atoms with E-state index in [1.165, 1.54) is 0 Å². The summed E-state index contributed by atoms with van der Waals surface area (Å²) in [6, 6.07) is 7.48. The molecule has 0 atom stereocenters. The minimum Gasteiger partial charge on any atom is -0.364 e. The summed E-state index contributed by atoms with van der Waals surface area (Å²) in [5.74, 6) is 0.00335. The lowest BCUT2D eigenvalue weighted by Gasteiger charge is -2.38. The summed E-state index contributed by atoms with van der Waals surface area (Å²) in [5, 5.41) is 9.00. The molecule has 0 saturated carbocycles. The van der Waals surface area contributed by atoms with Crippen LogP contribution in [0.1, 0.15) is 19.4 Å². The summed E-state index contributed by atoms with van der Waals surface area (Å²) in [6.07, 6.45) is 0. The highest BCUT2D eigenvalue weighted by molar-refractivity contribution is 6.03. The van der Waals surface area contributed by atoms with Crippen LogP contribution in [-0.2, 0) is 4.79 Å². The fraction of sp³-hybridized carbons (Fsp3) is 0.429. The van der Waals surface area contributed by atoms with Gasteiger partial charge in [0.05, 0.1) is 29.6 Å². The third-order valence-corrected chi connectivity index (χ3v) is 3.05. The van der Waals surface area contributed by atoms with E-state index in [1.807, 2.05) is 31.9 Å². The fourth-order valence-corrected chi connectivity index (χ4v) is 2.22. The first-order valence-corrected chi connectivity index (χ1v) is 6.16. The first-order valence-electron chi connectivity index (χ1n) is 6.16. The third kappa shape index (κ3) is 2.69. The monoisotopic (exact) mass is 258 g/mol. The van der Waals surface area contributed by atoms with Gasteiger partial charge in [0.1, 0.15) is 0 Å². The molecule has 0 bridgehead atoms. The number of fused-ring (bicyclic) bond motifs is 1. The van der Waals surface area contributed by atoms with Crippen molar-refractivity contribution in [3.8, 4) is 6.07 Å². The topological polar surface area (TPSA) is 73.4 Å². The predicted molar refractivity (Wildman–Crippen MR) is 75.0 cm³/mol. The molecule has 1 aromatic carbocycles. The molecule has 1 heterocycles. The molecular weight excluding hydrogens is 240 g/mol. The SMILES string of the molecule is CN1CC(=O)N(CC(C)(C)N)c2cc(C#N)ccc21. The van der Waals surface area contributed by atoms with Crippen LogP contribution in [-0.4, -0.2) is 31.6 Å². The fourth-order valence-electron chi connectivity index (χ4n) is 2.22. The van der Waals surface area contributed by atoms with Gasteiger partial charge in [-0.05, 0) is 32.0 Å². The number of anilines is 2. The average molecular weight is 258 g/mol. The van der Waals surface area contributed by atoms with Crippen molar-refractivity contribution in [2.24, 2.45) is 5.73 Å². The van der Waals surface area contributed by atoms with Gasteiger partial charge in [-0.25, -0.2) is 0 Å². The van der Waals surface area contributed by atoms with E-state index in [0.717, 1.165) is 11.4 Å². The van der Waals surface area contributed by atoms with Crippen molar-refractivity contribution in [2.75, 3.05) is 29.9 Å². The number of rotatable bonds is 2. The molecule has 5 nitrogen and oxygen atoms in total. The van der Waals surface area contributed by atoms with E-state index in [2.05, 4.69) is 6.07 Å². The first-order chi connectivity index (χ1) is 8.81. The third-order valence-electron chi connectivity index (χ3n) is 3.05. The molecular formula is C14H18N4O. The van der Waals surface area contributed by atoms with Crippen molar-refractivity contribution in [1.82, 2.24) is 0 Å². The summed E-state index contributed by atoms with van der Waals surface area (Å²) in [5.41, 5.74) is 7.79. The molecule has 1 amide bonds. The number of likely N-dealkylation sites (N-methyl/N-ethyl adjacent to an activating group) is 1. The molecule has 0 fully saturated rings. The zero-order valence-corrected chi connectivity index (χ0v) is 11.5. The second kappa shape index (κ2) is 4.56. The number of nitrogens with zero attached hydrogens (tertiary/aromatic N) is 3. The quantitative estimate of drug-likeness (QED) is 0.861. The van der Waals surface area contributed by atoms with E-state index in [9.17, 15) is 4.79 Å². The van der Waals surface area contributed by atoms with Crippen molar-refractivity contribution in [3.05, 3.63) is 23.8 Å². The number of hydrogen-bond donors (Lipinski definition) is 1. The van der Waals surface area contributed by atoms with Crippen molar-refractivity contribution in [2.45, 2.75) is 19.4 Å². The maximum atomic E-state index is 12.2. The number of nitriles is 1. The van der Waals surface area contributed by atoms with Crippen LogP contribution < -0.4 is 15.5 Å². The van der Waals surface area contributed by atoms with Crippen LogP contribution in [0.15, 0.2) is 18.2 Å². The molecule has 100 valence electrons. The molecule has 1 aromatic rings. The Hall–Kier alpha value is -2.06. The first kappa shape index (κ1) is 13.4. The van der Waals surface area contributed by atoms with E-state index < -0.39 is 5.54 Å². The summed E-state index contributed by atoms with van der Waals surface area (Å²) >= 11 is 0. The van der Waals surface area contributed by atoms with E-state index >= 15 is 0 Å². The van der Waals surface area contributed by atoms with Crippen molar-refractivity contribution in [3.63, 3.8) is 0 Å². The number of amides is 1. The van der Waals surface area contributed by atoms with Crippen molar-refractivity contribution in [1.29, 1.82) is 5.26 Å². The lowest BCUT2D eigenvalue weighted by Crippen LogP contribution is -2.52. The predicted octanol–water partition coefficient (Wildman–Crippen LogP) is 1.08. The molecule has 1 aliphatic rings. The molecule has 0 unspecified atom stereocenters. The van der Waals surface area contributed by atoms with Gasteiger partial charge < -0.3 is 15.5 Å². The van der Waals surface area contributed by atoms with Crippen LogP contribution in [0.5, 0.6) is 0 Å². The Balaban J connectivity index is 2.49. The summed E-state index contributed by atoms with van der Waals surface area (Å²) in [6.45, 7) is 4.52. The minimum atomic E-state index is -0.481. The Labute approximate surface area is 113 Å². The standard InChI is InChI=1S/C14H18N4O/c1-14(2,16)9-18-12-6-10(7-15)4-5-11(12)17(3)8-13(18)19/h4-6H,8-9,16H2,1-3H3. The van der Waals surface area contributed by atoms with Gasteiger partial charge in [0.2, 0.25) is 5.91 Å². The van der Waals surface area contributed by atoms with Gasteiger partial charge in [-0.3, -0.25) is 4.79 Å². The normalized spacial score (nSPS) is 15.2. The van der Waals surface area contributed by atoms with E-state index in [4.69, 9.17) is 11.0 Å². The van der Waals surface area contributed by atoms with Gasteiger partial charge in [0, 0.05) is 19.1 Å². The second-order valence-electron chi connectivity index (χ2n) is 5.64. The van der Waals surface area contributed by atoms with Crippen molar-refractivity contribution >= 4 is 17.3 Å². The van der Waals surface area contributed by atoms with Crippen LogP contribution >= 0.6 is 0 Å². The lowest BCUT2D eigenvalue weighted by atomic mass is 10.0. The van der Waals surface area contributed by atoms with E-state index in [1.54, 1.807) is 17.0 Å². The van der Waals surface area contributed by atoms with Crippen LogP contribution in [0.25, 0.3) is 0 Å².